The first-order valence-corrected chi connectivity index (χ1v) is 33.8. The summed E-state index contributed by atoms with van der Waals surface area (Å²) in [5.41, 5.74) is 0. The second-order valence-electron chi connectivity index (χ2n) is 23.2. The van der Waals surface area contributed by atoms with Crippen LogP contribution in [0.15, 0.2) is 36.5 Å². The summed E-state index contributed by atoms with van der Waals surface area (Å²) in [5.74, 6) is -0.0619. The predicted octanol–water partition coefficient (Wildman–Crippen LogP) is 21.5. The van der Waals surface area contributed by atoms with Crippen molar-refractivity contribution in [2.75, 3.05) is 13.2 Å². The standard InChI is InChI=1S/C69H131NO5/c1-3-5-7-9-11-13-15-17-19-21-22-26-30-33-37-41-45-49-53-57-61-67(72)66(65-71)70-68(73)62-58-54-50-46-42-38-34-31-27-24-23-25-28-32-36-40-44-48-52-56-60-64-75-69(74)63-59-55-51-47-43-39-35-29-20-18-16-14-12-10-8-6-4-2/h12,14,18,20,57,61,66-67,71-72H,3-11,13,15-17,19,21-56,58-60,62-65H2,1-2H3,(H,70,73)/b14-12-,20-18-,61-57+. The van der Waals surface area contributed by atoms with Crippen LogP contribution >= 0.6 is 0 Å². The molecule has 6 nitrogen and oxygen atoms in total. The number of carbonyl (C=O) groups excluding carboxylic acids is 2. The number of carbonyl (C=O) groups is 2. The van der Waals surface area contributed by atoms with E-state index in [0.29, 0.717) is 19.4 Å². The molecule has 0 aliphatic heterocycles. The van der Waals surface area contributed by atoms with Gasteiger partial charge in [0.2, 0.25) is 5.91 Å². The summed E-state index contributed by atoms with van der Waals surface area (Å²) in [5, 5.41) is 23.2. The Morgan fingerprint density at radius 1 is 0.373 bits per heavy atom. The van der Waals surface area contributed by atoms with Gasteiger partial charge in [0, 0.05) is 12.8 Å². The van der Waals surface area contributed by atoms with Crippen LogP contribution in [0.1, 0.15) is 367 Å². The predicted molar refractivity (Wildman–Crippen MR) is 329 cm³/mol. The van der Waals surface area contributed by atoms with Gasteiger partial charge >= 0.3 is 5.97 Å². The second-order valence-corrected chi connectivity index (χ2v) is 23.2. The zero-order chi connectivity index (χ0) is 54.3. The molecule has 2 atom stereocenters. The van der Waals surface area contributed by atoms with Gasteiger partial charge in [0.1, 0.15) is 0 Å². The molecule has 0 spiro atoms. The van der Waals surface area contributed by atoms with E-state index in [1.165, 1.54) is 289 Å². The molecule has 75 heavy (non-hydrogen) atoms. The number of aliphatic hydroxyl groups is 2. The van der Waals surface area contributed by atoms with Crippen molar-refractivity contribution >= 4 is 11.9 Å². The van der Waals surface area contributed by atoms with Crippen LogP contribution in [0.3, 0.4) is 0 Å². The molecule has 0 aromatic rings. The highest BCUT2D eigenvalue weighted by atomic mass is 16.5. The number of rotatable bonds is 63. The monoisotopic (exact) mass is 1050 g/mol. The molecule has 6 heteroatoms. The fraction of sp³-hybridized carbons (Fsp3) is 0.884. The summed E-state index contributed by atoms with van der Waals surface area (Å²) < 4.78 is 5.49. The number of hydrogen-bond donors (Lipinski definition) is 3. The van der Waals surface area contributed by atoms with Gasteiger partial charge in [0.15, 0.2) is 0 Å². The Labute approximate surface area is 468 Å². The maximum Gasteiger partial charge on any atom is 0.305 e. The molecule has 0 bridgehead atoms. The molecule has 0 rings (SSSR count). The third-order valence-electron chi connectivity index (χ3n) is 15.7. The lowest BCUT2D eigenvalue weighted by Crippen LogP contribution is -2.45. The maximum absolute atomic E-state index is 12.5. The lowest BCUT2D eigenvalue weighted by atomic mass is 10.0. The summed E-state index contributed by atoms with van der Waals surface area (Å²) in [6.45, 7) is 4.90. The highest BCUT2D eigenvalue weighted by molar-refractivity contribution is 5.76. The van der Waals surface area contributed by atoms with E-state index in [2.05, 4.69) is 43.5 Å². The first-order chi connectivity index (χ1) is 37.0. The number of nitrogens with one attached hydrogen (secondary N) is 1. The third-order valence-corrected chi connectivity index (χ3v) is 15.7. The molecular formula is C69H131NO5. The van der Waals surface area contributed by atoms with Crippen molar-refractivity contribution < 1.29 is 24.5 Å². The number of aliphatic hydroxyl groups excluding tert-OH is 2. The Balaban J connectivity index is 3.41. The molecule has 0 radical (unpaired) electrons. The third kappa shape index (κ3) is 61.2. The van der Waals surface area contributed by atoms with Gasteiger partial charge in [0.25, 0.3) is 0 Å². The Kier molecular flexibility index (Phi) is 63.0. The van der Waals surface area contributed by atoms with Crippen molar-refractivity contribution in [1.29, 1.82) is 0 Å². The van der Waals surface area contributed by atoms with E-state index in [-0.39, 0.29) is 18.5 Å². The van der Waals surface area contributed by atoms with Crippen LogP contribution in [0.5, 0.6) is 0 Å². The summed E-state index contributed by atoms with van der Waals surface area (Å²) in [4.78, 5) is 24.6. The Morgan fingerprint density at radius 2 is 0.667 bits per heavy atom. The van der Waals surface area contributed by atoms with E-state index < -0.39 is 12.1 Å². The minimum absolute atomic E-state index is 0.00410. The second kappa shape index (κ2) is 64.6. The number of ether oxygens (including phenoxy) is 1. The van der Waals surface area contributed by atoms with Crippen LogP contribution in [0.4, 0.5) is 0 Å². The van der Waals surface area contributed by atoms with Crippen molar-refractivity contribution in [2.24, 2.45) is 0 Å². The summed E-state index contributed by atoms with van der Waals surface area (Å²) in [7, 11) is 0. The molecule has 0 saturated carbocycles. The molecule has 0 aromatic heterocycles. The van der Waals surface area contributed by atoms with E-state index in [1.54, 1.807) is 6.08 Å². The average Bonchev–Trinajstić information content (AvgIpc) is 3.41. The fourth-order valence-electron chi connectivity index (χ4n) is 10.5. The fourth-order valence-corrected chi connectivity index (χ4v) is 10.5. The molecule has 0 aliphatic carbocycles. The van der Waals surface area contributed by atoms with Gasteiger partial charge in [-0.25, -0.2) is 0 Å². The molecule has 2 unspecified atom stereocenters. The number of hydrogen-bond acceptors (Lipinski definition) is 5. The lowest BCUT2D eigenvalue weighted by Gasteiger charge is -2.20. The topological polar surface area (TPSA) is 95.9 Å². The Hall–Kier alpha value is -1.92. The van der Waals surface area contributed by atoms with Crippen LogP contribution in [0.25, 0.3) is 0 Å². The number of amides is 1. The normalized spacial score (nSPS) is 12.7. The van der Waals surface area contributed by atoms with Crippen molar-refractivity contribution in [1.82, 2.24) is 5.32 Å². The molecule has 1 amide bonds. The van der Waals surface area contributed by atoms with Crippen LogP contribution in [-0.2, 0) is 14.3 Å². The van der Waals surface area contributed by atoms with E-state index in [4.69, 9.17) is 4.74 Å². The van der Waals surface area contributed by atoms with E-state index in [9.17, 15) is 19.8 Å². The zero-order valence-corrected chi connectivity index (χ0v) is 50.5. The van der Waals surface area contributed by atoms with Crippen molar-refractivity contribution in [3.8, 4) is 0 Å². The quantitative estimate of drug-likeness (QED) is 0.0320. The molecule has 0 saturated heterocycles. The van der Waals surface area contributed by atoms with Gasteiger partial charge in [-0.2, -0.15) is 0 Å². The zero-order valence-electron chi connectivity index (χ0n) is 50.5. The molecule has 0 fully saturated rings. The van der Waals surface area contributed by atoms with Crippen LogP contribution in [0, 0.1) is 0 Å². The van der Waals surface area contributed by atoms with Gasteiger partial charge in [-0.3, -0.25) is 9.59 Å². The van der Waals surface area contributed by atoms with Crippen LogP contribution in [0.2, 0.25) is 0 Å². The Morgan fingerprint density at radius 3 is 1.04 bits per heavy atom. The molecule has 3 N–H and O–H groups in total. The minimum atomic E-state index is -0.846. The summed E-state index contributed by atoms with van der Waals surface area (Å²) in [6.07, 6.45) is 82.0. The molecule has 442 valence electrons. The van der Waals surface area contributed by atoms with Gasteiger partial charge < -0.3 is 20.3 Å². The molecule has 0 heterocycles. The summed E-state index contributed by atoms with van der Waals surface area (Å²) >= 11 is 0. The molecule has 0 aliphatic rings. The van der Waals surface area contributed by atoms with Crippen molar-refractivity contribution in [3.63, 3.8) is 0 Å². The summed E-state index contributed by atoms with van der Waals surface area (Å²) in [6, 6.07) is -0.630. The minimum Gasteiger partial charge on any atom is -0.466 e. The highest BCUT2D eigenvalue weighted by Gasteiger charge is 2.18. The van der Waals surface area contributed by atoms with Crippen molar-refractivity contribution in [2.45, 2.75) is 379 Å². The first kappa shape index (κ1) is 73.1. The number of allylic oxidation sites excluding steroid dienone is 5. The van der Waals surface area contributed by atoms with Gasteiger partial charge in [0.05, 0.1) is 25.4 Å². The largest absolute Gasteiger partial charge is 0.466 e. The van der Waals surface area contributed by atoms with E-state index in [1.807, 2.05) is 6.08 Å². The average molecular weight is 1050 g/mol. The van der Waals surface area contributed by atoms with Gasteiger partial charge in [-0.05, 0) is 64.2 Å². The number of esters is 1. The van der Waals surface area contributed by atoms with E-state index >= 15 is 0 Å². The highest BCUT2D eigenvalue weighted by Crippen LogP contribution is 2.18. The first-order valence-electron chi connectivity index (χ1n) is 33.8. The van der Waals surface area contributed by atoms with Gasteiger partial charge in [-0.15, -0.1) is 0 Å². The number of unbranched alkanes of at least 4 members (excludes halogenated alkanes) is 48. The van der Waals surface area contributed by atoms with Crippen LogP contribution in [-0.4, -0.2) is 47.4 Å². The molecular weight excluding hydrogens is 923 g/mol. The van der Waals surface area contributed by atoms with Crippen molar-refractivity contribution in [3.05, 3.63) is 36.5 Å². The maximum atomic E-state index is 12.5. The van der Waals surface area contributed by atoms with Crippen LogP contribution < -0.4 is 5.32 Å². The van der Waals surface area contributed by atoms with Gasteiger partial charge in [-0.1, -0.05) is 326 Å². The molecule has 0 aromatic carbocycles. The van der Waals surface area contributed by atoms with E-state index in [0.717, 1.165) is 51.4 Å². The smallest absolute Gasteiger partial charge is 0.305 e. The lowest BCUT2D eigenvalue weighted by molar-refractivity contribution is -0.143. The SMILES string of the molecule is CCCCC/C=C\C/C=C\CCCCCCCCCC(=O)OCCCCCCCCCCCCCCCCCCCCCCCC(=O)NC(CO)C(O)/C=C/CCCCCCCCCCCCCCCCCCCC. The Bertz CT molecular complexity index is 1210.